The van der Waals surface area contributed by atoms with Crippen LogP contribution in [0.4, 0.5) is 4.39 Å². The van der Waals surface area contributed by atoms with Crippen LogP contribution in [0.25, 0.3) is 0 Å². The van der Waals surface area contributed by atoms with Crippen LogP contribution in [0.1, 0.15) is 38.0 Å². The van der Waals surface area contributed by atoms with E-state index in [2.05, 4.69) is 5.32 Å². The quantitative estimate of drug-likeness (QED) is 0.830. The lowest BCUT2D eigenvalue weighted by Gasteiger charge is -2.23. The molecule has 1 aromatic rings. The number of aliphatic hydroxyl groups excluding tert-OH is 1. The maximum Gasteiger partial charge on any atom is 0.253 e. The normalized spacial score (nSPS) is 13.3. The van der Waals surface area contributed by atoms with Crippen molar-refractivity contribution in [2.45, 2.75) is 39.3 Å². The number of hydrogen-bond acceptors (Lipinski definition) is 2. The lowest BCUT2D eigenvalue weighted by Crippen LogP contribution is -2.43. The number of nitrogens with one attached hydrogen (secondary N) is 1. The molecule has 1 unspecified atom stereocenters. The van der Waals surface area contributed by atoms with Crippen molar-refractivity contribution in [3.05, 3.63) is 35.1 Å². The summed E-state index contributed by atoms with van der Waals surface area (Å²) in [5.74, 6) is -0.833. The number of halogens is 1. The molecule has 0 bridgehead atoms. The topological polar surface area (TPSA) is 49.3 Å². The Bertz CT molecular complexity index is 424. The van der Waals surface area contributed by atoms with Gasteiger partial charge in [-0.15, -0.1) is 0 Å². The van der Waals surface area contributed by atoms with Crippen molar-refractivity contribution in [1.29, 1.82) is 0 Å². The summed E-state index contributed by atoms with van der Waals surface area (Å²) in [6, 6.07) is 4.13. The largest absolute Gasteiger partial charge is 0.378 e. The minimum absolute atomic E-state index is 0.350. The number of benzene rings is 1. The van der Waals surface area contributed by atoms with Crippen molar-refractivity contribution in [1.82, 2.24) is 5.32 Å². The summed E-state index contributed by atoms with van der Waals surface area (Å²) in [5, 5.41) is 12.5. The molecule has 0 saturated carbocycles. The standard InChI is InChI=1S/C13H18FNO2/c1-8-7-9(5-6-10(8)14)11(16)12(17)15-13(2,3)4/h5-7,11,16H,1-4H3,(H,15,17). The Morgan fingerprint density at radius 1 is 1.41 bits per heavy atom. The molecule has 4 heteroatoms. The van der Waals surface area contributed by atoms with E-state index in [1.807, 2.05) is 20.8 Å². The lowest BCUT2D eigenvalue weighted by atomic mass is 10.0. The third kappa shape index (κ3) is 3.82. The third-order valence-corrected chi connectivity index (χ3v) is 2.24. The summed E-state index contributed by atoms with van der Waals surface area (Å²) >= 11 is 0. The van der Waals surface area contributed by atoms with E-state index in [1.165, 1.54) is 18.2 Å². The van der Waals surface area contributed by atoms with Crippen LogP contribution in [0, 0.1) is 12.7 Å². The van der Waals surface area contributed by atoms with Gasteiger partial charge in [0.1, 0.15) is 5.82 Å². The Balaban J connectivity index is 2.85. The first-order chi connectivity index (χ1) is 7.70. The summed E-state index contributed by atoms with van der Waals surface area (Å²) < 4.78 is 13.1. The van der Waals surface area contributed by atoms with E-state index >= 15 is 0 Å². The minimum Gasteiger partial charge on any atom is -0.378 e. The van der Waals surface area contributed by atoms with Gasteiger partial charge in [0.2, 0.25) is 0 Å². The van der Waals surface area contributed by atoms with Gasteiger partial charge in [0.25, 0.3) is 5.91 Å². The number of amides is 1. The molecule has 0 saturated heterocycles. The molecule has 1 atom stereocenters. The van der Waals surface area contributed by atoms with Gasteiger partial charge in [0.05, 0.1) is 0 Å². The Labute approximate surface area is 101 Å². The smallest absolute Gasteiger partial charge is 0.253 e. The first-order valence-electron chi connectivity index (χ1n) is 5.47. The van der Waals surface area contributed by atoms with Crippen molar-refractivity contribution >= 4 is 5.91 Å². The fourth-order valence-corrected chi connectivity index (χ4v) is 1.43. The molecule has 0 radical (unpaired) electrons. The van der Waals surface area contributed by atoms with E-state index in [9.17, 15) is 14.3 Å². The van der Waals surface area contributed by atoms with Gasteiger partial charge in [-0.05, 0) is 44.9 Å². The molecule has 0 spiro atoms. The number of carbonyl (C=O) groups is 1. The number of aliphatic hydroxyl groups is 1. The Morgan fingerprint density at radius 3 is 2.47 bits per heavy atom. The first kappa shape index (κ1) is 13.6. The molecule has 0 aliphatic carbocycles. The molecular formula is C13H18FNO2. The van der Waals surface area contributed by atoms with Gasteiger partial charge in [-0.3, -0.25) is 4.79 Å². The highest BCUT2D eigenvalue weighted by molar-refractivity contribution is 5.82. The molecule has 1 amide bonds. The zero-order chi connectivity index (χ0) is 13.2. The SMILES string of the molecule is Cc1cc(C(O)C(=O)NC(C)(C)C)ccc1F. The maximum absolute atomic E-state index is 13.1. The van der Waals surface area contributed by atoms with Crippen LogP contribution < -0.4 is 5.32 Å². The van der Waals surface area contributed by atoms with E-state index in [-0.39, 0.29) is 5.82 Å². The molecule has 3 nitrogen and oxygen atoms in total. The predicted octanol–water partition coefficient (Wildman–Crippen LogP) is 2.08. The van der Waals surface area contributed by atoms with Gasteiger partial charge < -0.3 is 10.4 Å². The second kappa shape index (κ2) is 4.84. The predicted molar refractivity (Wildman–Crippen MR) is 64.0 cm³/mol. The van der Waals surface area contributed by atoms with Crippen LogP contribution in [-0.2, 0) is 4.79 Å². The van der Waals surface area contributed by atoms with Crippen molar-refractivity contribution in [3.8, 4) is 0 Å². The molecule has 0 aromatic heterocycles. The summed E-state index contributed by atoms with van der Waals surface area (Å²) in [4.78, 5) is 11.7. The highest BCUT2D eigenvalue weighted by Crippen LogP contribution is 2.17. The monoisotopic (exact) mass is 239 g/mol. The maximum atomic E-state index is 13.1. The van der Waals surface area contributed by atoms with Crippen LogP contribution in [0.15, 0.2) is 18.2 Å². The molecule has 1 aromatic carbocycles. The zero-order valence-corrected chi connectivity index (χ0v) is 10.5. The fraction of sp³-hybridized carbons (Fsp3) is 0.462. The van der Waals surface area contributed by atoms with E-state index in [1.54, 1.807) is 6.92 Å². The van der Waals surface area contributed by atoms with Crippen LogP contribution in [0.3, 0.4) is 0 Å². The number of aryl methyl sites for hydroxylation is 1. The average molecular weight is 239 g/mol. The molecule has 0 aliphatic rings. The summed E-state index contributed by atoms with van der Waals surface area (Å²) in [6.07, 6.45) is -1.27. The average Bonchev–Trinajstić information content (AvgIpc) is 2.18. The molecule has 0 fully saturated rings. The van der Waals surface area contributed by atoms with Crippen molar-refractivity contribution in [2.24, 2.45) is 0 Å². The Morgan fingerprint density at radius 2 is 2.00 bits per heavy atom. The molecule has 94 valence electrons. The highest BCUT2D eigenvalue weighted by Gasteiger charge is 2.22. The van der Waals surface area contributed by atoms with Gasteiger partial charge >= 0.3 is 0 Å². The van der Waals surface area contributed by atoms with Gasteiger partial charge in [-0.25, -0.2) is 4.39 Å². The lowest BCUT2D eigenvalue weighted by molar-refractivity contribution is -0.131. The highest BCUT2D eigenvalue weighted by atomic mass is 19.1. The Hall–Kier alpha value is -1.42. The van der Waals surface area contributed by atoms with Crippen LogP contribution in [0.2, 0.25) is 0 Å². The van der Waals surface area contributed by atoms with E-state index < -0.39 is 17.6 Å². The zero-order valence-electron chi connectivity index (χ0n) is 10.5. The van der Waals surface area contributed by atoms with Gasteiger partial charge in [-0.2, -0.15) is 0 Å². The van der Waals surface area contributed by atoms with E-state index in [0.717, 1.165) is 0 Å². The molecule has 1 rings (SSSR count). The molecule has 0 heterocycles. The summed E-state index contributed by atoms with van der Waals surface area (Å²) in [5.41, 5.74) is 0.392. The van der Waals surface area contributed by atoms with Crippen LogP contribution in [-0.4, -0.2) is 16.6 Å². The van der Waals surface area contributed by atoms with E-state index in [4.69, 9.17) is 0 Å². The number of hydrogen-bond donors (Lipinski definition) is 2. The summed E-state index contributed by atoms with van der Waals surface area (Å²) in [6.45, 7) is 7.07. The summed E-state index contributed by atoms with van der Waals surface area (Å²) in [7, 11) is 0. The van der Waals surface area contributed by atoms with Crippen molar-refractivity contribution in [2.75, 3.05) is 0 Å². The molecule has 17 heavy (non-hydrogen) atoms. The number of carbonyl (C=O) groups excluding carboxylic acids is 1. The second-order valence-electron chi connectivity index (χ2n) is 5.15. The first-order valence-corrected chi connectivity index (χ1v) is 5.47. The van der Waals surface area contributed by atoms with Gasteiger partial charge in [0, 0.05) is 5.54 Å². The van der Waals surface area contributed by atoms with E-state index in [0.29, 0.717) is 11.1 Å². The van der Waals surface area contributed by atoms with Crippen LogP contribution >= 0.6 is 0 Å². The van der Waals surface area contributed by atoms with Crippen molar-refractivity contribution in [3.63, 3.8) is 0 Å². The fourth-order valence-electron chi connectivity index (χ4n) is 1.43. The minimum atomic E-state index is -1.27. The van der Waals surface area contributed by atoms with Crippen LogP contribution in [0.5, 0.6) is 0 Å². The number of rotatable bonds is 2. The Kier molecular flexibility index (Phi) is 3.88. The molecule has 0 aliphatic heterocycles. The third-order valence-electron chi connectivity index (χ3n) is 2.24. The molecule has 2 N–H and O–H groups in total. The molecular weight excluding hydrogens is 221 g/mol. The second-order valence-corrected chi connectivity index (χ2v) is 5.15. The van der Waals surface area contributed by atoms with Gasteiger partial charge in [-0.1, -0.05) is 12.1 Å². The van der Waals surface area contributed by atoms with Gasteiger partial charge in [0.15, 0.2) is 6.10 Å². The van der Waals surface area contributed by atoms with Crippen molar-refractivity contribution < 1.29 is 14.3 Å².